The quantitative estimate of drug-likeness (QED) is 0.675. The van der Waals surface area contributed by atoms with E-state index < -0.39 is 0 Å². The highest BCUT2D eigenvalue weighted by atomic mass is 32.1. The molecule has 0 radical (unpaired) electrons. The third-order valence-corrected chi connectivity index (χ3v) is 3.39. The van der Waals surface area contributed by atoms with Crippen LogP contribution in [-0.2, 0) is 0 Å². The number of nitrogens with zero attached hydrogens (tertiary/aromatic N) is 2. The van der Waals surface area contributed by atoms with Gasteiger partial charge in [-0.05, 0) is 24.6 Å². The number of rotatable bonds is 1. The van der Waals surface area contributed by atoms with E-state index in [9.17, 15) is 0 Å². The van der Waals surface area contributed by atoms with Gasteiger partial charge >= 0.3 is 0 Å². The highest BCUT2D eigenvalue weighted by Crippen LogP contribution is 2.29. The monoisotopic (exact) mass is 230 g/mol. The van der Waals surface area contributed by atoms with Crippen LogP contribution in [-0.4, -0.2) is 15.2 Å². The van der Waals surface area contributed by atoms with E-state index in [-0.39, 0.29) is 0 Å². The molecule has 80 valence electrons. The Hall–Kier alpha value is -1.88. The number of nitrogens with two attached hydrogens (primary N) is 1. The van der Waals surface area contributed by atoms with Crippen LogP contribution in [0.1, 0.15) is 5.69 Å². The van der Waals surface area contributed by atoms with Crippen molar-refractivity contribution in [1.82, 2.24) is 15.2 Å². The van der Waals surface area contributed by atoms with Gasteiger partial charge in [0.15, 0.2) is 5.13 Å². The van der Waals surface area contributed by atoms with Gasteiger partial charge in [0.1, 0.15) is 0 Å². The molecule has 1 aromatic carbocycles. The van der Waals surface area contributed by atoms with Crippen molar-refractivity contribution in [3.63, 3.8) is 0 Å². The fourth-order valence-electron chi connectivity index (χ4n) is 1.75. The standard InChI is InChI=1S/C11H10N4S/c1-6-8(5-13-15-6)7-2-3-9-10(4-7)16-11(12)14-9/h2-5H,1H3,(H2,12,14)(H,13,15). The smallest absolute Gasteiger partial charge is 0.181 e. The number of thiazole rings is 1. The predicted molar refractivity (Wildman–Crippen MR) is 66.4 cm³/mol. The normalized spacial score (nSPS) is 11.1. The Labute approximate surface area is 96.1 Å². The lowest BCUT2D eigenvalue weighted by Crippen LogP contribution is -1.80. The molecule has 0 amide bonds. The van der Waals surface area contributed by atoms with Gasteiger partial charge < -0.3 is 5.73 Å². The van der Waals surface area contributed by atoms with E-state index in [2.05, 4.69) is 21.2 Å². The molecule has 0 saturated heterocycles. The van der Waals surface area contributed by atoms with Crippen LogP contribution in [0.25, 0.3) is 21.3 Å². The van der Waals surface area contributed by atoms with Gasteiger partial charge in [0.2, 0.25) is 0 Å². The first kappa shape index (κ1) is 9.35. The Morgan fingerprint density at radius 1 is 1.38 bits per heavy atom. The molecule has 16 heavy (non-hydrogen) atoms. The van der Waals surface area contributed by atoms with Crippen LogP contribution in [0, 0.1) is 6.92 Å². The number of aromatic nitrogens is 3. The first-order valence-corrected chi connectivity index (χ1v) is 5.72. The van der Waals surface area contributed by atoms with Gasteiger partial charge in [0.05, 0.1) is 16.4 Å². The maximum Gasteiger partial charge on any atom is 0.181 e. The van der Waals surface area contributed by atoms with Gasteiger partial charge in [-0.25, -0.2) is 4.98 Å². The molecule has 3 aromatic rings. The van der Waals surface area contributed by atoms with Gasteiger partial charge in [-0.2, -0.15) is 5.10 Å². The number of anilines is 1. The number of nitrogen functional groups attached to an aromatic ring is 1. The van der Waals surface area contributed by atoms with E-state index in [4.69, 9.17) is 5.73 Å². The SMILES string of the molecule is Cc1[nH]ncc1-c1ccc2nc(N)sc2c1. The highest BCUT2D eigenvalue weighted by molar-refractivity contribution is 7.22. The van der Waals surface area contributed by atoms with E-state index in [1.165, 1.54) is 11.3 Å². The molecule has 2 aromatic heterocycles. The number of benzene rings is 1. The van der Waals surface area contributed by atoms with Crippen LogP contribution < -0.4 is 5.73 Å². The minimum Gasteiger partial charge on any atom is -0.375 e. The summed E-state index contributed by atoms with van der Waals surface area (Å²) in [6.45, 7) is 2.01. The van der Waals surface area contributed by atoms with Gasteiger partial charge in [-0.1, -0.05) is 17.4 Å². The molecule has 0 aliphatic carbocycles. The van der Waals surface area contributed by atoms with Crippen molar-refractivity contribution < 1.29 is 0 Å². The number of hydrogen-bond acceptors (Lipinski definition) is 4. The fraction of sp³-hybridized carbons (Fsp3) is 0.0909. The van der Waals surface area contributed by atoms with Crippen LogP contribution in [0.15, 0.2) is 24.4 Å². The zero-order valence-electron chi connectivity index (χ0n) is 8.69. The molecule has 0 aliphatic rings. The van der Waals surface area contributed by atoms with Gasteiger partial charge in [0, 0.05) is 11.3 Å². The lowest BCUT2D eigenvalue weighted by molar-refractivity contribution is 1.05. The molecular weight excluding hydrogens is 220 g/mol. The third kappa shape index (κ3) is 1.37. The second-order valence-corrected chi connectivity index (χ2v) is 4.71. The molecule has 0 aliphatic heterocycles. The summed E-state index contributed by atoms with van der Waals surface area (Å²) < 4.78 is 1.11. The number of aromatic amines is 1. The second-order valence-electron chi connectivity index (χ2n) is 3.64. The molecule has 0 bridgehead atoms. The van der Waals surface area contributed by atoms with Gasteiger partial charge in [-0.15, -0.1) is 0 Å². The summed E-state index contributed by atoms with van der Waals surface area (Å²) in [7, 11) is 0. The summed E-state index contributed by atoms with van der Waals surface area (Å²) in [5.74, 6) is 0. The number of nitrogens with one attached hydrogen (secondary N) is 1. The predicted octanol–water partition coefficient (Wildman–Crippen LogP) is 2.58. The van der Waals surface area contributed by atoms with E-state index in [1.807, 2.05) is 25.3 Å². The van der Waals surface area contributed by atoms with Crippen molar-refractivity contribution in [3.8, 4) is 11.1 Å². The Morgan fingerprint density at radius 2 is 2.25 bits per heavy atom. The minimum atomic E-state index is 0.607. The Morgan fingerprint density at radius 3 is 3.00 bits per heavy atom. The van der Waals surface area contributed by atoms with E-state index in [0.717, 1.165) is 27.0 Å². The van der Waals surface area contributed by atoms with Crippen LogP contribution in [0.3, 0.4) is 0 Å². The number of H-pyrrole nitrogens is 1. The molecule has 0 spiro atoms. The molecule has 3 rings (SSSR count). The second kappa shape index (κ2) is 3.31. The van der Waals surface area contributed by atoms with Crippen LogP contribution in [0.5, 0.6) is 0 Å². The van der Waals surface area contributed by atoms with Crippen molar-refractivity contribution in [2.24, 2.45) is 0 Å². The molecule has 0 unspecified atom stereocenters. The fourth-order valence-corrected chi connectivity index (χ4v) is 2.53. The Bertz CT molecular complexity index is 653. The largest absolute Gasteiger partial charge is 0.375 e. The summed E-state index contributed by atoms with van der Waals surface area (Å²) in [6, 6.07) is 6.13. The summed E-state index contributed by atoms with van der Waals surface area (Å²) in [5, 5.41) is 7.56. The molecule has 5 heteroatoms. The van der Waals surface area contributed by atoms with Gasteiger partial charge in [0.25, 0.3) is 0 Å². The number of hydrogen-bond donors (Lipinski definition) is 2. The van der Waals surface area contributed by atoms with Crippen molar-refractivity contribution >= 4 is 26.7 Å². The van der Waals surface area contributed by atoms with Crippen molar-refractivity contribution in [2.45, 2.75) is 6.92 Å². The summed E-state index contributed by atoms with van der Waals surface area (Å²) in [5.41, 5.74) is 9.96. The molecule has 2 heterocycles. The summed E-state index contributed by atoms with van der Waals surface area (Å²) in [4.78, 5) is 4.23. The van der Waals surface area contributed by atoms with Crippen molar-refractivity contribution in [3.05, 3.63) is 30.1 Å². The average molecular weight is 230 g/mol. The molecule has 4 nitrogen and oxygen atoms in total. The van der Waals surface area contributed by atoms with Crippen LogP contribution in [0.2, 0.25) is 0 Å². The lowest BCUT2D eigenvalue weighted by atomic mass is 10.1. The molecular formula is C11H10N4S. The molecule has 3 N–H and O–H groups in total. The zero-order valence-corrected chi connectivity index (χ0v) is 9.51. The van der Waals surface area contributed by atoms with Crippen molar-refractivity contribution in [2.75, 3.05) is 5.73 Å². The number of fused-ring (bicyclic) bond motifs is 1. The zero-order chi connectivity index (χ0) is 11.1. The molecule has 0 saturated carbocycles. The minimum absolute atomic E-state index is 0.607. The highest BCUT2D eigenvalue weighted by Gasteiger charge is 2.06. The first-order chi connectivity index (χ1) is 7.74. The summed E-state index contributed by atoms with van der Waals surface area (Å²) >= 11 is 1.51. The lowest BCUT2D eigenvalue weighted by Gasteiger charge is -1.98. The third-order valence-electron chi connectivity index (χ3n) is 2.55. The number of aryl methyl sites for hydroxylation is 1. The topological polar surface area (TPSA) is 67.6 Å². The van der Waals surface area contributed by atoms with E-state index in [0.29, 0.717) is 5.13 Å². The molecule has 0 fully saturated rings. The van der Waals surface area contributed by atoms with E-state index >= 15 is 0 Å². The summed E-state index contributed by atoms with van der Waals surface area (Å²) in [6.07, 6.45) is 1.83. The first-order valence-electron chi connectivity index (χ1n) is 4.90. The van der Waals surface area contributed by atoms with Gasteiger partial charge in [-0.3, -0.25) is 5.10 Å². The van der Waals surface area contributed by atoms with Crippen LogP contribution >= 0.6 is 11.3 Å². The van der Waals surface area contributed by atoms with Crippen molar-refractivity contribution in [1.29, 1.82) is 0 Å². The Balaban J connectivity index is 2.22. The maximum atomic E-state index is 5.68. The maximum absolute atomic E-state index is 5.68. The Kier molecular flexibility index (Phi) is 1.94. The van der Waals surface area contributed by atoms with E-state index in [1.54, 1.807) is 0 Å². The molecule has 0 atom stereocenters. The van der Waals surface area contributed by atoms with Crippen LogP contribution in [0.4, 0.5) is 5.13 Å². The average Bonchev–Trinajstić information content (AvgIpc) is 2.81.